The van der Waals surface area contributed by atoms with Crippen molar-refractivity contribution in [2.75, 3.05) is 32.9 Å². The topological polar surface area (TPSA) is 86.6 Å². The summed E-state index contributed by atoms with van der Waals surface area (Å²) in [6, 6.07) is 5.35. The average Bonchev–Trinajstić information content (AvgIpc) is 3.23. The molecule has 1 aliphatic rings. The summed E-state index contributed by atoms with van der Waals surface area (Å²) < 4.78 is 88.8. The maximum atomic E-state index is 13.0. The van der Waals surface area contributed by atoms with Gasteiger partial charge in [-0.1, -0.05) is 6.07 Å². The second-order valence-corrected chi connectivity index (χ2v) is 8.25. The molecule has 1 aliphatic heterocycles. The molecule has 0 saturated carbocycles. The number of Topliss-reactive ketones (excluding diaryl/α,β-unsaturated/α-hetero) is 1. The van der Waals surface area contributed by atoms with Crippen molar-refractivity contribution < 1.29 is 45.4 Å². The highest BCUT2D eigenvalue weighted by Gasteiger charge is 2.33. The molecule has 0 unspecified atom stereocenters. The van der Waals surface area contributed by atoms with E-state index in [4.69, 9.17) is 9.47 Å². The van der Waals surface area contributed by atoms with Crippen LogP contribution in [0.4, 0.5) is 26.3 Å². The van der Waals surface area contributed by atoms with Crippen molar-refractivity contribution in [2.24, 2.45) is 0 Å². The molecule has 14 heteroatoms. The molecule has 198 valence electrons. The maximum Gasteiger partial charge on any atom is 0.433 e. The molecule has 0 aliphatic carbocycles. The molecule has 0 radical (unpaired) electrons. The van der Waals surface area contributed by atoms with E-state index in [1.807, 2.05) is 0 Å². The number of ketones is 1. The van der Waals surface area contributed by atoms with Crippen molar-refractivity contribution in [2.45, 2.75) is 25.3 Å². The highest BCUT2D eigenvalue weighted by atomic mass is 19.4. The van der Waals surface area contributed by atoms with E-state index in [1.54, 1.807) is 4.90 Å². The molecule has 2 aromatic heterocycles. The third-order valence-corrected chi connectivity index (χ3v) is 5.46. The second kappa shape index (κ2) is 10.4. The number of aromatic nitrogens is 3. The fourth-order valence-corrected chi connectivity index (χ4v) is 3.73. The van der Waals surface area contributed by atoms with Gasteiger partial charge < -0.3 is 14.4 Å². The summed E-state index contributed by atoms with van der Waals surface area (Å²) in [4.78, 5) is 30.2. The zero-order valence-electron chi connectivity index (χ0n) is 19.1. The quantitative estimate of drug-likeness (QED) is 0.342. The van der Waals surface area contributed by atoms with Crippen LogP contribution in [0.2, 0.25) is 0 Å². The van der Waals surface area contributed by atoms with Gasteiger partial charge in [0, 0.05) is 42.7 Å². The van der Waals surface area contributed by atoms with Crippen molar-refractivity contribution >= 4 is 22.6 Å². The van der Waals surface area contributed by atoms with Crippen LogP contribution in [-0.2, 0) is 28.7 Å². The molecular weight excluding hydrogens is 510 g/mol. The van der Waals surface area contributed by atoms with Gasteiger partial charge in [0.15, 0.2) is 12.4 Å². The van der Waals surface area contributed by atoms with E-state index in [0.717, 1.165) is 12.1 Å². The zero-order valence-corrected chi connectivity index (χ0v) is 19.1. The summed E-state index contributed by atoms with van der Waals surface area (Å²) in [6.07, 6.45) is -8.54. The van der Waals surface area contributed by atoms with Gasteiger partial charge in [0.2, 0.25) is 5.91 Å². The Morgan fingerprint density at radius 3 is 2.46 bits per heavy atom. The number of benzene rings is 1. The largest absolute Gasteiger partial charge is 0.484 e. The van der Waals surface area contributed by atoms with E-state index in [2.05, 4.69) is 10.1 Å². The Morgan fingerprint density at radius 2 is 1.78 bits per heavy atom. The Kier molecular flexibility index (Phi) is 7.39. The summed E-state index contributed by atoms with van der Waals surface area (Å²) in [5, 5.41) is 4.62. The van der Waals surface area contributed by atoms with Crippen LogP contribution < -0.4 is 4.74 Å². The Bertz CT molecular complexity index is 1300. The number of morpholine rings is 1. The van der Waals surface area contributed by atoms with Crippen molar-refractivity contribution in [3.05, 3.63) is 53.5 Å². The third kappa shape index (κ3) is 6.76. The van der Waals surface area contributed by atoms with Crippen molar-refractivity contribution in [3.8, 4) is 5.75 Å². The molecule has 0 bridgehead atoms. The zero-order chi connectivity index (χ0) is 26.8. The molecule has 1 aromatic carbocycles. The van der Waals surface area contributed by atoms with Crippen LogP contribution in [-0.4, -0.2) is 70.4 Å². The number of fused-ring (bicyclic) bond motifs is 1. The second-order valence-electron chi connectivity index (χ2n) is 8.25. The van der Waals surface area contributed by atoms with Gasteiger partial charge in [-0.05, 0) is 18.2 Å². The van der Waals surface area contributed by atoms with Gasteiger partial charge in [0.25, 0.3) is 0 Å². The van der Waals surface area contributed by atoms with E-state index in [0.29, 0.717) is 37.8 Å². The lowest BCUT2D eigenvalue weighted by atomic mass is 10.0. The van der Waals surface area contributed by atoms with E-state index >= 15 is 0 Å². The monoisotopic (exact) mass is 530 g/mol. The van der Waals surface area contributed by atoms with Crippen LogP contribution in [0, 0.1) is 0 Å². The first-order valence-electron chi connectivity index (χ1n) is 11.0. The first-order valence-corrected chi connectivity index (χ1v) is 11.0. The van der Waals surface area contributed by atoms with Crippen molar-refractivity contribution in [1.82, 2.24) is 19.7 Å². The number of rotatable bonds is 7. The number of amides is 1. The van der Waals surface area contributed by atoms with Crippen LogP contribution in [0.1, 0.15) is 21.7 Å². The van der Waals surface area contributed by atoms with Crippen LogP contribution in [0.3, 0.4) is 0 Å². The van der Waals surface area contributed by atoms with Gasteiger partial charge >= 0.3 is 12.4 Å². The summed E-state index contributed by atoms with van der Waals surface area (Å²) >= 11 is 0. The average molecular weight is 530 g/mol. The van der Waals surface area contributed by atoms with Crippen LogP contribution in [0.25, 0.3) is 10.9 Å². The van der Waals surface area contributed by atoms with Crippen LogP contribution >= 0.6 is 0 Å². The van der Waals surface area contributed by atoms with E-state index < -0.39 is 42.6 Å². The maximum absolute atomic E-state index is 13.0. The lowest BCUT2D eigenvalue weighted by molar-refractivity contribution is -0.153. The molecule has 1 fully saturated rings. The molecule has 0 atom stereocenters. The SMILES string of the molecule is O=C(Cc1cc2cn(CC(=O)N3CCOCC3)nc2cc1OCC(F)(F)F)c1cccc(C(F)(F)F)n1. The molecule has 0 N–H and O–H groups in total. The molecule has 8 nitrogen and oxygen atoms in total. The Hall–Kier alpha value is -3.68. The Balaban J connectivity index is 1.61. The van der Waals surface area contributed by atoms with Gasteiger partial charge in [-0.25, -0.2) is 4.98 Å². The Labute approximate surface area is 205 Å². The highest BCUT2D eigenvalue weighted by molar-refractivity contribution is 5.97. The predicted octanol–water partition coefficient (Wildman–Crippen LogP) is 3.68. The molecule has 1 amide bonds. The number of alkyl halides is 6. The minimum Gasteiger partial charge on any atom is -0.484 e. The number of halogens is 6. The van der Waals surface area contributed by atoms with Crippen LogP contribution in [0.5, 0.6) is 5.75 Å². The summed E-state index contributed by atoms with van der Waals surface area (Å²) in [5.41, 5.74) is -1.56. The summed E-state index contributed by atoms with van der Waals surface area (Å²) in [5.74, 6) is -1.39. The first-order chi connectivity index (χ1) is 17.4. The normalized spacial score (nSPS) is 14.7. The number of hydrogen-bond acceptors (Lipinski definition) is 6. The van der Waals surface area contributed by atoms with Gasteiger partial charge in [0.05, 0.1) is 18.7 Å². The number of carbonyl (C=O) groups excluding carboxylic acids is 2. The number of ether oxygens (including phenoxy) is 2. The standard InChI is InChI=1S/C23H20F6N4O4/c24-22(25,26)13-37-19-10-17-15(11-33(31-17)12-21(35)32-4-6-36-7-5-32)8-14(19)9-18(34)16-2-1-3-20(30-16)23(27,28)29/h1-3,8,10-11H,4-7,9,12-13H2. The van der Waals surface area contributed by atoms with Gasteiger partial charge in [0.1, 0.15) is 23.7 Å². The van der Waals surface area contributed by atoms with Crippen molar-refractivity contribution in [1.29, 1.82) is 0 Å². The van der Waals surface area contributed by atoms with Gasteiger partial charge in [-0.2, -0.15) is 31.4 Å². The number of nitrogens with zero attached hydrogens (tertiary/aromatic N) is 4. The number of carbonyl (C=O) groups is 2. The van der Waals surface area contributed by atoms with E-state index in [1.165, 1.54) is 23.0 Å². The molecule has 3 aromatic rings. The summed E-state index contributed by atoms with van der Waals surface area (Å²) in [6.45, 7) is -0.126. The molecule has 4 rings (SSSR count). The number of pyridine rings is 1. The van der Waals surface area contributed by atoms with Gasteiger partial charge in [-0.15, -0.1) is 0 Å². The van der Waals surface area contributed by atoms with E-state index in [9.17, 15) is 35.9 Å². The highest BCUT2D eigenvalue weighted by Crippen LogP contribution is 2.30. The van der Waals surface area contributed by atoms with Gasteiger partial charge in [-0.3, -0.25) is 14.3 Å². The van der Waals surface area contributed by atoms with Crippen molar-refractivity contribution in [3.63, 3.8) is 0 Å². The minimum atomic E-state index is -4.77. The van der Waals surface area contributed by atoms with Crippen LogP contribution in [0.15, 0.2) is 36.5 Å². The molecule has 1 saturated heterocycles. The molecule has 37 heavy (non-hydrogen) atoms. The summed E-state index contributed by atoms with van der Waals surface area (Å²) in [7, 11) is 0. The first kappa shape index (κ1) is 26.4. The Morgan fingerprint density at radius 1 is 1.05 bits per heavy atom. The fraction of sp³-hybridized carbons (Fsp3) is 0.391. The smallest absolute Gasteiger partial charge is 0.433 e. The minimum absolute atomic E-state index is 0.0000162. The molecular formula is C23H20F6N4O4. The molecule has 0 spiro atoms. The third-order valence-electron chi connectivity index (χ3n) is 5.46. The number of hydrogen-bond donors (Lipinski definition) is 0. The van der Waals surface area contributed by atoms with E-state index in [-0.39, 0.29) is 29.3 Å². The predicted molar refractivity (Wildman–Crippen MR) is 116 cm³/mol. The lowest BCUT2D eigenvalue weighted by Gasteiger charge is -2.26. The fourth-order valence-electron chi connectivity index (χ4n) is 3.73. The molecule has 3 heterocycles. The lowest BCUT2D eigenvalue weighted by Crippen LogP contribution is -2.42.